The molecule has 0 saturated heterocycles. The Balaban J connectivity index is 1.89. The van der Waals surface area contributed by atoms with E-state index in [1.807, 2.05) is 0 Å². The first kappa shape index (κ1) is 9.69. The fourth-order valence-corrected chi connectivity index (χ4v) is 6.67. The Labute approximate surface area is 96.0 Å². The lowest BCUT2D eigenvalue weighted by Gasteiger charge is -2.60. The van der Waals surface area contributed by atoms with Gasteiger partial charge in [0.2, 0.25) is 0 Å². The normalized spacial score (nSPS) is 55.3. The Morgan fingerprint density at radius 1 is 1.14 bits per heavy atom. The molecule has 2 unspecified atom stereocenters. The summed E-state index contributed by atoms with van der Waals surface area (Å²) < 4.78 is 0.576. The van der Waals surface area contributed by atoms with Crippen molar-refractivity contribution >= 4 is 15.9 Å². The third kappa shape index (κ3) is 1.38. The molecule has 0 aromatic rings. The van der Waals surface area contributed by atoms with E-state index in [1.165, 1.54) is 32.1 Å². The molecule has 4 aliphatic rings. The topological polar surface area (TPSA) is 0 Å². The van der Waals surface area contributed by atoms with Crippen LogP contribution in [0, 0.1) is 17.3 Å². The number of hydrogen-bond acceptors (Lipinski definition) is 0. The van der Waals surface area contributed by atoms with Gasteiger partial charge in [0.1, 0.15) is 0 Å². The maximum atomic E-state index is 4.06. The molecule has 4 rings (SSSR count). The van der Waals surface area contributed by atoms with Gasteiger partial charge in [0.25, 0.3) is 0 Å². The standard InChI is InChI=1S/C13H21Br/c1-2-3-12-5-10-4-11(6-12)8-13(14,7-10)9-12/h10-11H,2-9H2,1H3/t10-,11+,12?,13?. The monoisotopic (exact) mass is 256 g/mol. The summed E-state index contributed by atoms with van der Waals surface area (Å²) >= 11 is 4.06. The Kier molecular flexibility index (Phi) is 2.07. The van der Waals surface area contributed by atoms with Gasteiger partial charge in [-0.2, -0.15) is 0 Å². The molecule has 0 N–H and O–H groups in total. The van der Waals surface area contributed by atoms with E-state index < -0.39 is 0 Å². The maximum absolute atomic E-state index is 4.06. The number of hydrogen-bond donors (Lipinski definition) is 0. The first-order valence-electron chi connectivity index (χ1n) is 6.32. The van der Waals surface area contributed by atoms with Crippen LogP contribution in [0.4, 0.5) is 0 Å². The van der Waals surface area contributed by atoms with Crippen molar-refractivity contribution in [1.82, 2.24) is 0 Å². The van der Waals surface area contributed by atoms with Gasteiger partial charge in [0.15, 0.2) is 0 Å². The van der Waals surface area contributed by atoms with Crippen LogP contribution in [0.1, 0.15) is 58.3 Å². The minimum atomic E-state index is 0.576. The summed E-state index contributed by atoms with van der Waals surface area (Å²) in [6.07, 6.45) is 12.0. The summed E-state index contributed by atoms with van der Waals surface area (Å²) in [4.78, 5) is 0. The smallest absolute Gasteiger partial charge is 0.0268 e. The SMILES string of the molecule is CCCC12C[C@@H]3C[C@@H](CC(Br)(C3)C1)C2. The van der Waals surface area contributed by atoms with Crippen molar-refractivity contribution in [1.29, 1.82) is 0 Å². The van der Waals surface area contributed by atoms with Crippen molar-refractivity contribution in [3.05, 3.63) is 0 Å². The van der Waals surface area contributed by atoms with Crippen LogP contribution in [-0.2, 0) is 0 Å². The molecule has 0 radical (unpaired) electrons. The summed E-state index contributed by atoms with van der Waals surface area (Å²) in [5.41, 5.74) is 0.766. The predicted octanol–water partition coefficient (Wildman–Crippen LogP) is 4.52. The van der Waals surface area contributed by atoms with Crippen molar-refractivity contribution in [2.45, 2.75) is 62.6 Å². The van der Waals surface area contributed by atoms with Gasteiger partial charge in [0.05, 0.1) is 0 Å². The molecule has 4 fully saturated rings. The summed E-state index contributed by atoms with van der Waals surface area (Å²) in [6, 6.07) is 0. The summed E-state index contributed by atoms with van der Waals surface area (Å²) in [5, 5.41) is 0. The molecule has 4 saturated carbocycles. The van der Waals surface area contributed by atoms with E-state index in [4.69, 9.17) is 0 Å². The van der Waals surface area contributed by atoms with Crippen molar-refractivity contribution in [3.63, 3.8) is 0 Å². The van der Waals surface area contributed by atoms with E-state index in [-0.39, 0.29) is 0 Å². The summed E-state index contributed by atoms with van der Waals surface area (Å²) in [5.74, 6) is 2.14. The maximum Gasteiger partial charge on any atom is 0.0268 e. The second kappa shape index (κ2) is 2.99. The molecule has 80 valence electrons. The van der Waals surface area contributed by atoms with Gasteiger partial charge in [-0.25, -0.2) is 0 Å². The lowest BCUT2D eigenvalue weighted by atomic mass is 9.48. The van der Waals surface area contributed by atoms with Crippen LogP contribution < -0.4 is 0 Å². The number of rotatable bonds is 2. The van der Waals surface area contributed by atoms with E-state index in [0.29, 0.717) is 4.32 Å². The molecule has 0 aliphatic heterocycles. The zero-order chi connectivity index (χ0) is 9.81. The molecule has 0 amide bonds. The van der Waals surface area contributed by atoms with E-state index in [2.05, 4.69) is 22.9 Å². The van der Waals surface area contributed by atoms with Gasteiger partial charge < -0.3 is 0 Å². The highest BCUT2D eigenvalue weighted by Crippen LogP contribution is 2.65. The average molecular weight is 257 g/mol. The fourth-order valence-electron chi connectivity index (χ4n) is 5.16. The number of halogens is 1. The fraction of sp³-hybridized carbons (Fsp3) is 1.00. The predicted molar refractivity (Wildman–Crippen MR) is 63.7 cm³/mol. The van der Waals surface area contributed by atoms with Gasteiger partial charge >= 0.3 is 0 Å². The van der Waals surface area contributed by atoms with Crippen LogP contribution >= 0.6 is 15.9 Å². The zero-order valence-corrected chi connectivity index (χ0v) is 10.8. The van der Waals surface area contributed by atoms with Gasteiger partial charge in [0, 0.05) is 4.32 Å². The summed E-state index contributed by atoms with van der Waals surface area (Å²) in [7, 11) is 0. The highest BCUT2D eigenvalue weighted by Gasteiger charge is 2.55. The molecule has 0 aromatic heterocycles. The van der Waals surface area contributed by atoms with Gasteiger partial charge in [-0.15, -0.1) is 0 Å². The molecular weight excluding hydrogens is 236 g/mol. The van der Waals surface area contributed by atoms with Crippen molar-refractivity contribution < 1.29 is 0 Å². The van der Waals surface area contributed by atoms with Crippen molar-refractivity contribution in [2.24, 2.45) is 17.3 Å². The van der Waals surface area contributed by atoms with E-state index >= 15 is 0 Å². The quantitative estimate of drug-likeness (QED) is 0.638. The van der Waals surface area contributed by atoms with Crippen LogP contribution in [0.15, 0.2) is 0 Å². The van der Waals surface area contributed by atoms with Crippen LogP contribution in [0.5, 0.6) is 0 Å². The van der Waals surface area contributed by atoms with Gasteiger partial charge in [-0.1, -0.05) is 29.3 Å². The molecule has 0 spiro atoms. The minimum Gasteiger partial charge on any atom is -0.0853 e. The molecule has 0 aromatic carbocycles. The lowest BCUT2D eigenvalue weighted by molar-refractivity contribution is -0.0402. The molecule has 4 aliphatic carbocycles. The third-order valence-electron chi connectivity index (χ3n) is 4.89. The molecule has 14 heavy (non-hydrogen) atoms. The number of alkyl halides is 1. The zero-order valence-electron chi connectivity index (χ0n) is 9.19. The molecular formula is C13H21Br. The highest BCUT2D eigenvalue weighted by atomic mass is 79.9. The largest absolute Gasteiger partial charge is 0.0853 e. The van der Waals surface area contributed by atoms with Crippen molar-refractivity contribution in [3.8, 4) is 0 Å². The Morgan fingerprint density at radius 3 is 2.29 bits per heavy atom. The van der Waals surface area contributed by atoms with E-state index in [1.54, 1.807) is 19.3 Å². The first-order valence-corrected chi connectivity index (χ1v) is 7.11. The highest BCUT2D eigenvalue weighted by molar-refractivity contribution is 9.10. The third-order valence-corrected chi connectivity index (χ3v) is 5.82. The molecule has 1 heteroatoms. The molecule has 0 heterocycles. The Bertz CT molecular complexity index is 232. The van der Waals surface area contributed by atoms with Crippen LogP contribution in [0.2, 0.25) is 0 Å². The van der Waals surface area contributed by atoms with Crippen LogP contribution in [0.25, 0.3) is 0 Å². The molecule has 4 bridgehead atoms. The van der Waals surface area contributed by atoms with Crippen molar-refractivity contribution in [2.75, 3.05) is 0 Å². The van der Waals surface area contributed by atoms with E-state index in [0.717, 1.165) is 17.3 Å². The van der Waals surface area contributed by atoms with Gasteiger partial charge in [-0.3, -0.25) is 0 Å². The molecule has 0 nitrogen and oxygen atoms in total. The second-order valence-electron chi connectivity index (χ2n) is 6.36. The van der Waals surface area contributed by atoms with Gasteiger partial charge in [-0.05, 0) is 62.2 Å². The second-order valence-corrected chi connectivity index (χ2v) is 8.04. The van der Waals surface area contributed by atoms with E-state index in [9.17, 15) is 0 Å². The average Bonchev–Trinajstić information content (AvgIpc) is 1.97. The first-order chi connectivity index (χ1) is 6.63. The lowest BCUT2D eigenvalue weighted by Crippen LogP contribution is -2.52. The Morgan fingerprint density at radius 2 is 1.79 bits per heavy atom. The van der Waals surface area contributed by atoms with Crippen LogP contribution in [-0.4, -0.2) is 4.32 Å². The minimum absolute atomic E-state index is 0.576. The van der Waals surface area contributed by atoms with Crippen LogP contribution in [0.3, 0.4) is 0 Å². The summed E-state index contributed by atoms with van der Waals surface area (Å²) in [6.45, 7) is 2.36. The Hall–Kier alpha value is 0.480. The molecule has 4 atom stereocenters.